The molecular weight excluding hydrogens is 482 g/mol. The lowest BCUT2D eigenvalue weighted by Gasteiger charge is -2.06. The van der Waals surface area contributed by atoms with Crippen molar-refractivity contribution in [3.63, 3.8) is 0 Å². The second-order valence-electron chi connectivity index (χ2n) is 6.64. The van der Waals surface area contributed by atoms with E-state index in [1.807, 2.05) is 0 Å². The average Bonchev–Trinajstić information content (AvgIpc) is 3.42. The molecule has 0 atom stereocenters. The zero-order chi connectivity index (χ0) is 24.7. The number of carbonyl (C=O) groups excluding carboxylic acids is 3. The van der Waals surface area contributed by atoms with E-state index in [4.69, 9.17) is 18.6 Å². The van der Waals surface area contributed by atoms with E-state index < -0.39 is 17.8 Å². The summed E-state index contributed by atoms with van der Waals surface area (Å²) in [6.07, 6.45) is 0. The molecule has 1 amide bonds. The zero-order valence-corrected chi connectivity index (χ0v) is 20.6. The maximum absolute atomic E-state index is 12.6. The van der Waals surface area contributed by atoms with Crippen LogP contribution in [-0.2, 0) is 14.3 Å². The van der Waals surface area contributed by atoms with Crippen LogP contribution >= 0.6 is 23.1 Å². The van der Waals surface area contributed by atoms with E-state index in [-0.39, 0.29) is 39.6 Å². The molecule has 0 aliphatic rings. The molecule has 0 radical (unpaired) electrons. The molecule has 0 saturated carbocycles. The number of nitrogens with zero attached hydrogens (tertiary/aromatic N) is 2. The van der Waals surface area contributed by atoms with E-state index in [0.29, 0.717) is 22.8 Å². The molecule has 2 heterocycles. The molecule has 180 valence electrons. The molecule has 0 bridgehead atoms. The third-order valence-corrected chi connectivity index (χ3v) is 6.40. The van der Waals surface area contributed by atoms with Gasteiger partial charge in [0.15, 0.2) is 0 Å². The van der Waals surface area contributed by atoms with Crippen molar-refractivity contribution in [2.45, 2.75) is 26.0 Å². The van der Waals surface area contributed by atoms with E-state index in [9.17, 15) is 14.4 Å². The Balaban J connectivity index is 1.71. The number of benzene rings is 1. The SMILES string of the molecule is CCOC(=O)c1sc(NC(=O)CSc2nnc(-c3cccc(OC)c3)o2)c(C(=O)OCC)c1C. The first-order valence-electron chi connectivity index (χ1n) is 10.3. The van der Waals surface area contributed by atoms with Gasteiger partial charge in [0.25, 0.3) is 5.22 Å². The second kappa shape index (κ2) is 11.7. The van der Waals surface area contributed by atoms with E-state index in [0.717, 1.165) is 23.1 Å². The summed E-state index contributed by atoms with van der Waals surface area (Å²) < 4.78 is 20.9. The van der Waals surface area contributed by atoms with Crippen molar-refractivity contribution in [2.24, 2.45) is 0 Å². The second-order valence-corrected chi connectivity index (χ2v) is 8.59. The number of hydrogen-bond donors (Lipinski definition) is 1. The molecule has 3 rings (SSSR count). The van der Waals surface area contributed by atoms with Crippen LogP contribution < -0.4 is 10.1 Å². The van der Waals surface area contributed by atoms with Crippen LogP contribution in [0.5, 0.6) is 5.75 Å². The Bertz CT molecular complexity index is 1190. The number of thiophene rings is 1. The van der Waals surface area contributed by atoms with Gasteiger partial charge in [-0.25, -0.2) is 9.59 Å². The molecule has 2 aromatic heterocycles. The van der Waals surface area contributed by atoms with Crippen molar-refractivity contribution >= 4 is 45.9 Å². The van der Waals surface area contributed by atoms with Crippen LogP contribution in [0.4, 0.5) is 5.00 Å². The van der Waals surface area contributed by atoms with E-state index in [1.165, 1.54) is 0 Å². The third-order valence-electron chi connectivity index (χ3n) is 4.39. The van der Waals surface area contributed by atoms with Gasteiger partial charge in [-0.3, -0.25) is 4.79 Å². The minimum Gasteiger partial charge on any atom is -0.497 e. The molecule has 3 aromatic rings. The smallest absolute Gasteiger partial charge is 0.348 e. The molecule has 1 N–H and O–H groups in total. The fourth-order valence-electron chi connectivity index (χ4n) is 2.87. The summed E-state index contributed by atoms with van der Waals surface area (Å²) in [4.78, 5) is 37.5. The lowest BCUT2D eigenvalue weighted by Crippen LogP contribution is -2.16. The predicted molar refractivity (Wildman–Crippen MR) is 127 cm³/mol. The van der Waals surface area contributed by atoms with Gasteiger partial charge in [-0.15, -0.1) is 21.5 Å². The van der Waals surface area contributed by atoms with Crippen LogP contribution in [0.3, 0.4) is 0 Å². The van der Waals surface area contributed by atoms with Crippen molar-refractivity contribution < 1.29 is 33.0 Å². The fraction of sp³-hybridized carbons (Fsp3) is 0.318. The molecule has 0 spiro atoms. The number of rotatable bonds is 10. The van der Waals surface area contributed by atoms with Gasteiger partial charge in [0.05, 0.1) is 31.6 Å². The number of carbonyl (C=O) groups is 3. The molecule has 12 heteroatoms. The van der Waals surface area contributed by atoms with Crippen molar-refractivity contribution in [3.8, 4) is 17.2 Å². The Kier molecular flexibility index (Phi) is 8.66. The Labute approximate surface area is 204 Å². The number of aromatic nitrogens is 2. The van der Waals surface area contributed by atoms with Gasteiger partial charge >= 0.3 is 11.9 Å². The number of anilines is 1. The molecule has 34 heavy (non-hydrogen) atoms. The van der Waals surface area contributed by atoms with Gasteiger partial charge in [0.1, 0.15) is 15.6 Å². The highest BCUT2D eigenvalue weighted by Crippen LogP contribution is 2.34. The summed E-state index contributed by atoms with van der Waals surface area (Å²) in [6, 6.07) is 7.15. The molecule has 0 unspecified atom stereocenters. The number of hydrogen-bond acceptors (Lipinski definition) is 11. The normalized spacial score (nSPS) is 10.6. The summed E-state index contributed by atoms with van der Waals surface area (Å²) in [5.74, 6) is -0.744. The van der Waals surface area contributed by atoms with Gasteiger partial charge < -0.3 is 23.9 Å². The number of nitrogens with one attached hydrogen (secondary N) is 1. The maximum Gasteiger partial charge on any atom is 0.348 e. The summed E-state index contributed by atoms with van der Waals surface area (Å²) in [5, 5.41) is 11.0. The minimum atomic E-state index is -0.630. The van der Waals surface area contributed by atoms with E-state index in [2.05, 4.69) is 15.5 Å². The summed E-state index contributed by atoms with van der Waals surface area (Å²) in [7, 11) is 1.56. The topological polar surface area (TPSA) is 130 Å². The maximum atomic E-state index is 12.6. The number of ether oxygens (including phenoxy) is 3. The van der Waals surface area contributed by atoms with Crippen LogP contribution in [0.15, 0.2) is 33.9 Å². The number of amides is 1. The highest BCUT2D eigenvalue weighted by atomic mass is 32.2. The Morgan fingerprint density at radius 2 is 1.85 bits per heavy atom. The van der Waals surface area contributed by atoms with Crippen LogP contribution in [-0.4, -0.2) is 54.1 Å². The summed E-state index contributed by atoms with van der Waals surface area (Å²) >= 11 is 2.00. The standard InChI is InChI=1S/C22H23N3O7S2/c1-5-30-20(27)16-12(3)17(21(28)31-6-2)34-19(16)23-15(26)11-33-22-25-24-18(32-22)13-8-7-9-14(10-13)29-4/h7-10H,5-6,11H2,1-4H3,(H,23,26). The van der Waals surface area contributed by atoms with Crippen LogP contribution in [0, 0.1) is 6.92 Å². The molecule has 0 aliphatic heterocycles. The van der Waals surface area contributed by atoms with Gasteiger partial charge in [0.2, 0.25) is 11.8 Å². The van der Waals surface area contributed by atoms with Crippen LogP contribution in [0.25, 0.3) is 11.5 Å². The Hall–Kier alpha value is -3.38. The van der Waals surface area contributed by atoms with Crippen LogP contribution in [0.2, 0.25) is 0 Å². The van der Waals surface area contributed by atoms with Crippen molar-refractivity contribution in [2.75, 3.05) is 31.4 Å². The van der Waals surface area contributed by atoms with E-state index in [1.54, 1.807) is 52.1 Å². The number of esters is 2. The van der Waals surface area contributed by atoms with Crippen molar-refractivity contribution in [1.29, 1.82) is 0 Å². The first kappa shape index (κ1) is 25.2. The first-order valence-corrected chi connectivity index (χ1v) is 12.1. The quantitative estimate of drug-likeness (QED) is 0.316. The summed E-state index contributed by atoms with van der Waals surface area (Å²) in [6.45, 7) is 5.30. The van der Waals surface area contributed by atoms with Crippen LogP contribution in [0.1, 0.15) is 39.4 Å². The summed E-state index contributed by atoms with van der Waals surface area (Å²) in [5.41, 5.74) is 1.21. The average molecular weight is 506 g/mol. The van der Waals surface area contributed by atoms with Gasteiger partial charge in [-0.05, 0) is 44.5 Å². The van der Waals surface area contributed by atoms with Crippen molar-refractivity contribution in [3.05, 3.63) is 40.3 Å². The monoisotopic (exact) mass is 505 g/mol. The highest BCUT2D eigenvalue weighted by Gasteiger charge is 2.27. The molecule has 1 aromatic carbocycles. The fourth-order valence-corrected chi connectivity index (χ4v) is 4.54. The van der Waals surface area contributed by atoms with Gasteiger partial charge in [-0.1, -0.05) is 17.8 Å². The molecule has 0 fully saturated rings. The largest absolute Gasteiger partial charge is 0.497 e. The number of methoxy groups -OCH3 is 1. The molecule has 10 nitrogen and oxygen atoms in total. The highest BCUT2D eigenvalue weighted by molar-refractivity contribution is 7.99. The predicted octanol–water partition coefficient (Wildman–Crippen LogP) is 4.20. The van der Waals surface area contributed by atoms with Crippen molar-refractivity contribution in [1.82, 2.24) is 10.2 Å². The molecule has 0 saturated heterocycles. The lowest BCUT2D eigenvalue weighted by molar-refractivity contribution is -0.113. The van der Waals surface area contributed by atoms with Gasteiger partial charge in [0, 0.05) is 5.56 Å². The van der Waals surface area contributed by atoms with E-state index >= 15 is 0 Å². The Morgan fingerprint density at radius 3 is 2.56 bits per heavy atom. The molecular formula is C22H23N3O7S2. The third kappa shape index (κ3) is 5.94. The number of thioether (sulfide) groups is 1. The Morgan fingerprint density at radius 1 is 1.12 bits per heavy atom. The minimum absolute atomic E-state index is 0.0618. The van der Waals surface area contributed by atoms with Gasteiger partial charge in [-0.2, -0.15) is 0 Å². The molecule has 0 aliphatic carbocycles. The lowest BCUT2D eigenvalue weighted by atomic mass is 10.1. The first-order chi connectivity index (χ1) is 16.4. The zero-order valence-electron chi connectivity index (χ0n) is 19.0.